The lowest BCUT2D eigenvalue weighted by Crippen LogP contribution is -2.47. The Morgan fingerprint density at radius 3 is 2.50 bits per heavy atom. The zero-order valence-corrected chi connectivity index (χ0v) is 11.9. The highest BCUT2D eigenvalue weighted by Crippen LogP contribution is 2.52. The summed E-state index contributed by atoms with van der Waals surface area (Å²) in [6, 6.07) is -0.0291. The number of rotatable bonds is 4. The van der Waals surface area contributed by atoms with Crippen LogP contribution in [0.25, 0.3) is 0 Å². The molecule has 112 valence electrons. The Labute approximate surface area is 119 Å². The largest absolute Gasteiger partial charge is 0.481 e. The minimum Gasteiger partial charge on any atom is -0.481 e. The van der Waals surface area contributed by atoms with Crippen molar-refractivity contribution >= 4 is 11.9 Å². The summed E-state index contributed by atoms with van der Waals surface area (Å²) in [7, 11) is 0. The molecule has 5 nitrogen and oxygen atoms in total. The van der Waals surface area contributed by atoms with Gasteiger partial charge in [-0.25, -0.2) is 0 Å². The SMILES string of the molecule is C[C@H](NC(=O)[C@@H]1[C@@H]2CC[C@@H](C2)[C@@H]1C(=O)O)[C@H]1CCCO1. The van der Waals surface area contributed by atoms with E-state index >= 15 is 0 Å². The molecule has 2 aliphatic carbocycles. The maximum atomic E-state index is 12.5. The molecule has 0 aromatic rings. The fraction of sp³-hybridized carbons (Fsp3) is 0.867. The second-order valence-electron chi connectivity index (χ2n) is 6.57. The molecule has 1 amide bonds. The van der Waals surface area contributed by atoms with E-state index in [4.69, 9.17) is 4.74 Å². The maximum Gasteiger partial charge on any atom is 0.307 e. The van der Waals surface area contributed by atoms with Gasteiger partial charge in [-0.2, -0.15) is 0 Å². The summed E-state index contributed by atoms with van der Waals surface area (Å²) in [5, 5.41) is 12.4. The first kappa shape index (κ1) is 13.9. The Hall–Kier alpha value is -1.10. The highest BCUT2D eigenvalue weighted by atomic mass is 16.5. The van der Waals surface area contributed by atoms with Gasteiger partial charge in [-0.15, -0.1) is 0 Å². The van der Waals surface area contributed by atoms with E-state index in [1.807, 2.05) is 6.92 Å². The highest BCUT2D eigenvalue weighted by Gasteiger charge is 2.54. The molecule has 5 heteroatoms. The second kappa shape index (κ2) is 5.35. The van der Waals surface area contributed by atoms with E-state index in [0.717, 1.165) is 38.7 Å². The third kappa shape index (κ3) is 2.32. The Morgan fingerprint density at radius 1 is 1.20 bits per heavy atom. The molecule has 2 saturated carbocycles. The zero-order chi connectivity index (χ0) is 14.3. The maximum absolute atomic E-state index is 12.5. The first-order valence-corrected chi connectivity index (χ1v) is 7.72. The number of carbonyl (C=O) groups is 2. The lowest BCUT2D eigenvalue weighted by atomic mass is 9.78. The van der Waals surface area contributed by atoms with Gasteiger partial charge in [-0.3, -0.25) is 9.59 Å². The quantitative estimate of drug-likeness (QED) is 0.817. The van der Waals surface area contributed by atoms with E-state index in [2.05, 4.69) is 5.32 Å². The highest BCUT2D eigenvalue weighted by molar-refractivity contribution is 5.86. The molecule has 0 radical (unpaired) electrons. The number of carbonyl (C=O) groups excluding carboxylic acids is 1. The van der Waals surface area contributed by atoms with E-state index in [1.165, 1.54) is 0 Å². The van der Waals surface area contributed by atoms with Gasteiger partial charge >= 0.3 is 5.97 Å². The minimum absolute atomic E-state index is 0.0291. The van der Waals surface area contributed by atoms with Crippen molar-refractivity contribution in [1.29, 1.82) is 0 Å². The molecule has 20 heavy (non-hydrogen) atoms. The Kier molecular flexibility index (Phi) is 3.71. The fourth-order valence-electron chi connectivity index (χ4n) is 4.43. The molecule has 1 saturated heterocycles. The van der Waals surface area contributed by atoms with Crippen LogP contribution in [0.5, 0.6) is 0 Å². The summed E-state index contributed by atoms with van der Waals surface area (Å²) < 4.78 is 5.58. The second-order valence-corrected chi connectivity index (χ2v) is 6.57. The van der Waals surface area contributed by atoms with Crippen molar-refractivity contribution in [2.45, 2.75) is 51.2 Å². The van der Waals surface area contributed by atoms with Gasteiger partial charge in [0.2, 0.25) is 5.91 Å². The number of aliphatic carboxylic acids is 1. The summed E-state index contributed by atoms with van der Waals surface area (Å²) in [6.45, 7) is 2.72. The predicted molar refractivity (Wildman–Crippen MR) is 72.0 cm³/mol. The van der Waals surface area contributed by atoms with Gasteiger partial charge in [-0.1, -0.05) is 0 Å². The van der Waals surface area contributed by atoms with Gasteiger partial charge in [-0.05, 0) is 50.9 Å². The molecular weight excluding hydrogens is 258 g/mol. The first-order chi connectivity index (χ1) is 9.58. The van der Waals surface area contributed by atoms with Crippen LogP contribution < -0.4 is 5.32 Å². The van der Waals surface area contributed by atoms with E-state index in [9.17, 15) is 14.7 Å². The van der Waals surface area contributed by atoms with Crippen LogP contribution in [0.4, 0.5) is 0 Å². The van der Waals surface area contributed by atoms with Gasteiger partial charge in [0.1, 0.15) is 0 Å². The molecule has 0 aromatic carbocycles. The van der Waals surface area contributed by atoms with Crippen molar-refractivity contribution in [3.8, 4) is 0 Å². The number of fused-ring (bicyclic) bond motifs is 2. The van der Waals surface area contributed by atoms with Crippen molar-refractivity contribution in [2.75, 3.05) is 6.61 Å². The number of hydrogen-bond acceptors (Lipinski definition) is 3. The van der Waals surface area contributed by atoms with E-state index < -0.39 is 11.9 Å². The van der Waals surface area contributed by atoms with Crippen molar-refractivity contribution in [3.05, 3.63) is 0 Å². The lowest BCUT2D eigenvalue weighted by Gasteiger charge is -2.29. The van der Waals surface area contributed by atoms with Crippen molar-refractivity contribution in [2.24, 2.45) is 23.7 Å². The predicted octanol–water partition coefficient (Wildman–Crippen LogP) is 1.42. The van der Waals surface area contributed by atoms with E-state index in [0.29, 0.717) is 0 Å². The van der Waals surface area contributed by atoms with E-state index in [1.54, 1.807) is 0 Å². The molecule has 3 fully saturated rings. The fourth-order valence-corrected chi connectivity index (χ4v) is 4.43. The number of amides is 1. The summed E-state index contributed by atoms with van der Waals surface area (Å²) in [5.41, 5.74) is 0. The Morgan fingerprint density at radius 2 is 1.90 bits per heavy atom. The van der Waals surface area contributed by atoms with Gasteiger partial charge in [0.25, 0.3) is 0 Å². The first-order valence-electron chi connectivity index (χ1n) is 7.72. The zero-order valence-electron chi connectivity index (χ0n) is 11.9. The average Bonchev–Trinajstić information content (AvgIpc) is 3.13. The number of carboxylic acid groups (broad SMARTS) is 1. The number of nitrogens with one attached hydrogen (secondary N) is 1. The lowest BCUT2D eigenvalue weighted by molar-refractivity contribution is -0.149. The average molecular weight is 281 g/mol. The normalized spacial score (nSPS) is 40.8. The molecule has 1 heterocycles. The van der Waals surface area contributed by atoms with Crippen LogP contribution in [0.15, 0.2) is 0 Å². The third-order valence-electron chi connectivity index (χ3n) is 5.40. The molecule has 0 unspecified atom stereocenters. The topological polar surface area (TPSA) is 75.6 Å². The van der Waals surface area contributed by atoms with Crippen molar-refractivity contribution < 1.29 is 19.4 Å². The Bertz CT molecular complexity index is 405. The molecule has 0 spiro atoms. The molecule has 2 bridgehead atoms. The summed E-state index contributed by atoms with van der Waals surface area (Å²) >= 11 is 0. The monoisotopic (exact) mass is 281 g/mol. The van der Waals surface area contributed by atoms with Gasteiger partial charge in [0.05, 0.1) is 24.0 Å². The summed E-state index contributed by atoms with van der Waals surface area (Å²) in [6.07, 6.45) is 4.97. The van der Waals surface area contributed by atoms with Crippen LogP contribution >= 0.6 is 0 Å². The molecule has 2 N–H and O–H groups in total. The molecule has 0 aromatic heterocycles. The van der Waals surface area contributed by atoms with Crippen LogP contribution in [0, 0.1) is 23.7 Å². The molecular formula is C15H23NO4. The van der Waals surface area contributed by atoms with Crippen LogP contribution in [-0.2, 0) is 14.3 Å². The molecule has 6 atom stereocenters. The minimum atomic E-state index is -0.804. The summed E-state index contributed by atoms with van der Waals surface area (Å²) in [4.78, 5) is 23.9. The number of carboxylic acids is 1. The van der Waals surface area contributed by atoms with E-state index in [-0.39, 0.29) is 35.8 Å². The molecule has 1 aliphatic heterocycles. The third-order valence-corrected chi connectivity index (χ3v) is 5.40. The number of ether oxygens (including phenoxy) is 1. The number of hydrogen-bond donors (Lipinski definition) is 2. The van der Waals surface area contributed by atoms with Gasteiger partial charge in [0, 0.05) is 6.61 Å². The Balaban J connectivity index is 1.65. The van der Waals surface area contributed by atoms with Gasteiger partial charge in [0.15, 0.2) is 0 Å². The summed E-state index contributed by atoms with van der Waals surface area (Å²) in [5.74, 6) is -1.24. The van der Waals surface area contributed by atoms with Crippen LogP contribution in [0.3, 0.4) is 0 Å². The van der Waals surface area contributed by atoms with Gasteiger partial charge < -0.3 is 15.2 Å². The standard InChI is InChI=1S/C15H23NO4/c1-8(11-3-2-6-20-11)16-14(17)12-9-4-5-10(7-9)13(12)15(18)19/h8-13H,2-7H2,1H3,(H,16,17)(H,18,19)/t8-,9+,10-,11+,12+,13-/m0/s1. The molecule has 3 aliphatic rings. The van der Waals surface area contributed by atoms with Crippen LogP contribution in [0.2, 0.25) is 0 Å². The van der Waals surface area contributed by atoms with Crippen molar-refractivity contribution in [1.82, 2.24) is 5.32 Å². The molecule has 3 rings (SSSR count). The smallest absolute Gasteiger partial charge is 0.307 e. The van der Waals surface area contributed by atoms with Crippen molar-refractivity contribution in [3.63, 3.8) is 0 Å². The van der Waals surface area contributed by atoms with Crippen LogP contribution in [-0.4, -0.2) is 35.7 Å². The van der Waals surface area contributed by atoms with Crippen LogP contribution in [0.1, 0.15) is 39.0 Å².